The lowest BCUT2D eigenvalue weighted by Crippen LogP contribution is -2.47. The average Bonchev–Trinajstić information content (AvgIpc) is 2.92. The fourth-order valence-corrected chi connectivity index (χ4v) is 2.58. The van der Waals surface area contributed by atoms with E-state index in [2.05, 4.69) is 15.0 Å². The van der Waals surface area contributed by atoms with Gasteiger partial charge in [0.1, 0.15) is 0 Å². The zero-order valence-corrected chi connectivity index (χ0v) is 10.1. The maximum absolute atomic E-state index is 8.92. The zero-order chi connectivity index (χ0) is 11.7. The third kappa shape index (κ3) is 2.24. The molecule has 0 saturated carbocycles. The van der Waals surface area contributed by atoms with Crippen molar-refractivity contribution in [1.29, 1.82) is 0 Å². The summed E-state index contributed by atoms with van der Waals surface area (Å²) in [6.07, 6.45) is 0. The Labute approximate surface area is 103 Å². The summed E-state index contributed by atoms with van der Waals surface area (Å²) >= 11 is 1.59. The number of likely N-dealkylation sites (tertiary alicyclic amines) is 1. The molecule has 3 heterocycles. The first kappa shape index (κ1) is 10.9. The van der Waals surface area contributed by atoms with Crippen molar-refractivity contribution in [2.75, 3.05) is 19.7 Å². The van der Waals surface area contributed by atoms with E-state index in [9.17, 15) is 0 Å². The molecule has 0 spiro atoms. The number of aromatic nitrogens is 2. The van der Waals surface area contributed by atoms with Crippen LogP contribution in [-0.4, -0.2) is 39.8 Å². The zero-order valence-electron chi connectivity index (χ0n) is 9.24. The molecule has 0 atom stereocenters. The predicted molar refractivity (Wildman–Crippen MR) is 63.5 cm³/mol. The molecule has 0 aliphatic carbocycles. The Morgan fingerprint density at radius 2 is 2.41 bits per heavy atom. The Balaban J connectivity index is 1.62. The molecule has 5 nitrogen and oxygen atoms in total. The number of nitrogens with zero attached hydrogens (tertiary/aromatic N) is 3. The van der Waals surface area contributed by atoms with Gasteiger partial charge < -0.3 is 9.63 Å². The molecule has 1 fully saturated rings. The highest BCUT2D eigenvalue weighted by Gasteiger charge is 2.27. The van der Waals surface area contributed by atoms with Crippen LogP contribution in [-0.2, 0) is 6.54 Å². The Morgan fingerprint density at radius 3 is 3.12 bits per heavy atom. The highest BCUT2D eigenvalue weighted by Crippen LogP contribution is 2.23. The van der Waals surface area contributed by atoms with Crippen molar-refractivity contribution in [3.8, 4) is 10.8 Å². The first-order valence-electron chi connectivity index (χ1n) is 5.55. The van der Waals surface area contributed by atoms with E-state index in [-0.39, 0.29) is 6.61 Å². The van der Waals surface area contributed by atoms with Gasteiger partial charge in [0, 0.05) is 25.6 Å². The summed E-state index contributed by atoms with van der Waals surface area (Å²) < 4.78 is 5.20. The fourth-order valence-electron chi connectivity index (χ4n) is 1.94. The molecule has 1 aliphatic rings. The van der Waals surface area contributed by atoms with E-state index in [0.717, 1.165) is 18.0 Å². The molecular formula is C11H13N3O2S. The van der Waals surface area contributed by atoms with Crippen LogP contribution in [0, 0.1) is 5.92 Å². The Hall–Kier alpha value is -1.24. The van der Waals surface area contributed by atoms with Crippen LogP contribution in [0.2, 0.25) is 0 Å². The first-order chi connectivity index (χ1) is 8.35. The van der Waals surface area contributed by atoms with Gasteiger partial charge in [0.25, 0.3) is 5.89 Å². The summed E-state index contributed by atoms with van der Waals surface area (Å²) in [5.74, 6) is 1.72. The number of aliphatic hydroxyl groups is 1. The predicted octanol–water partition coefficient (Wildman–Crippen LogP) is 1.22. The Morgan fingerprint density at radius 1 is 1.53 bits per heavy atom. The summed E-state index contributed by atoms with van der Waals surface area (Å²) in [5.41, 5.74) is 0. The van der Waals surface area contributed by atoms with Gasteiger partial charge in [-0.25, -0.2) is 0 Å². The molecule has 0 unspecified atom stereocenters. The first-order valence-corrected chi connectivity index (χ1v) is 6.43. The highest BCUT2D eigenvalue weighted by atomic mass is 32.1. The second-order valence-corrected chi connectivity index (χ2v) is 5.18. The van der Waals surface area contributed by atoms with Crippen molar-refractivity contribution in [2.45, 2.75) is 6.54 Å². The molecule has 1 N–H and O–H groups in total. The molecule has 6 heteroatoms. The molecule has 0 bridgehead atoms. The molecular weight excluding hydrogens is 238 g/mol. The van der Waals surface area contributed by atoms with Crippen LogP contribution in [0.4, 0.5) is 0 Å². The molecule has 0 aromatic carbocycles. The molecule has 2 aromatic heterocycles. The van der Waals surface area contributed by atoms with Gasteiger partial charge in [0.2, 0.25) is 0 Å². The largest absolute Gasteiger partial charge is 0.396 e. The highest BCUT2D eigenvalue weighted by molar-refractivity contribution is 7.13. The smallest absolute Gasteiger partial charge is 0.268 e. The van der Waals surface area contributed by atoms with Crippen molar-refractivity contribution in [2.24, 2.45) is 5.92 Å². The van der Waals surface area contributed by atoms with Crippen LogP contribution in [0.15, 0.2) is 22.0 Å². The minimum Gasteiger partial charge on any atom is -0.396 e. The number of aliphatic hydroxyl groups excluding tert-OH is 1. The van der Waals surface area contributed by atoms with Crippen LogP contribution in [0.3, 0.4) is 0 Å². The van der Waals surface area contributed by atoms with Gasteiger partial charge in [0.05, 0.1) is 11.4 Å². The van der Waals surface area contributed by atoms with Crippen molar-refractivity contribution < 1.29 is 9.63 Å². The van der Waals surface area contributed by atoms with Gasteiger partial charge in [-0.15, -0.1) is 11.3 Å². The van der Waals surface area contributed by atoms with Gasteiger partial charge in [0.15, 0.2) is 5.82 Å². The van der Waals surface area contributed by atoms with Crippen LogP contribution < -0.4 is 0 Å². The van der Waals surface area contributed by atoms with Crippen LogP contribution in [0.5, 0.6) is 0 Å². The number of thiophene rings is 1. The van der Waals surface area contributed by atoms with Gasteiger partial charge in [-0.3, -0.25) is 4.90 Å². The number of rotatable bonds is 4. The van der Waals surface area contributed by atoms with E-state index >= 15 is 0 Å². The minimum absolute atomic E-state index is 0.267. The number of hydrogen-bond acceptors (Lipinski definition) is 6. The van der Waals surface area contributed by atoms with Crippen molar-refractivity contribution in [1.82, 2.24) is 15.0 Å². The molecule has 2 aromatic rings. The molecule has 3 rings (SSSR count). The van der Waals surface area contributed by atoms with Crippen LogP contribution in [0.1, 0.15) is 5.82 Å². The van der Waals surface area contributed by atoms with Crippen molar-refractivity contribution >= 4 is 11.3 Å². The second kappa shape index (κ2) is 4.56. The number of hydrogen-bond donors (Lipinski definition) is 1. The summed E-state index contributed by atoms with van der Waals surface area (Å²) in [6, 6.07) is 3.93. The molecule has 1 aliphatic heterocycles. The monoisotopic (exact) mass is 251 g/mol. The lowest BCUT2D eigenvalue weighted by Gasteiger charge is -2.37. The average molecular weight is 251 g/mol. The SMILES string of the molecule is OCC1CN(Cc2noc(-c3cccs3)n2)C1. The summed E-state index contributed by atoms with van der Waals surface area (Å²) in [6.45, 7) is 2.80. The lowest BCUT2D eigenvalue weighted by atomic mass is 10.0. The van der Waals surface area contributed by atoms with Gasteiger partial charge >= 0.3 is 0 Å². The molecule has 0 amide bonds. The van der Waals surface area contributed by atoms with Crippen LogP contribution >= 0.6 is 11.3 Å². The van der Waals surface area contributed by atoms with E-state index in [1.54, 1.807) is 11.3 Å². The summed E-state index contributed by atoms with van der Waals surface area (Å²) in [4.78, 5) is 7.55. The Kier molecular flexibility index (Phi) is 2.92. The van der Waals surface area contributed by atoms with Crippen molar-refractivity contribution in [3.63, 3.8) is 0 Å². The maximum Gasteiger partial charge on any atom is 0.268 e. The lowest BCUT2D eigenvalue weighted by molar-refractivity contribution is 0.0454. The van der Waals surface area contributed by atoms with E-state index in [0.29, 0.717) is 24.2 Å². The fraction of sp³-hybridized carbons (Fsp3) is 0.455. The topological polar surface area (TPSA) is 62.4 Å². The van der Waals surface area contributed by atoms with Gasteiger partial charge in [-0.2, -0.15) is 4.98 Å². The molecule has 0 radical (unpaired) electrons. The standard InChI is InChI=1S/C11H13N3O2S/c15-7-8-4-14(5-8)6-10-12-11(16-13-10)9-2-1-3-17-9/h1-3,8,15H,4-7H2. The summed E-state index contributed by atoms with van der Waals surface area (Å²) in [7, 11) is 0. The van der Waals surface area contributed by atoms with Gasteiger partial charge in [-0.1, -0.05) is 11.2 Å². The van der Waals surface area contributed by atoms with E-state index in [1.165, 1.54) is 0 Å². The maximum atomic E-state index is 8.92. The van der Waals surface area contributed by atoms with Gasteiger partial charge in [-0.05, 0) is 11.4 Å². The minimum atomic E-state index is 0.267. The van der Waals surface area contributed by atoms with Crippen LogP contribution in [0.25, 0.3) is 10.8 Å². The normalized spacial score (nSPS) is 17.2. The van der Waals surface area contributed by atoms with Crippen molar-refractivity contribution in [3.05, 3.63) is 23.3 Å². The Bertz CT molecular complexity index is 477. The molecule has 1 saturated heterocycles. The second-order valence-electron chi connectivity index (χ2n) is 4.24. The third-order valence-electron chi connectivity index (χ3n) is 2.86. The quantitative estimate of drug-likeness (QED) is 0.885. The van der Waals surface area contributed by atoms with E-state index in [1.807, 2.05) is 17.5 Å². The molecule has 90 valence electrons. The third-order valence-corrected chi connectivity index (χ3v) is 3.71. The van der Waals surface area contributed by atoms with E-state index in [4.69, 9.17) is 9.63 Å². The molecule has 17 heavy (non-hydrogen) atoms. The van der Waals surface area contributed by atoms with E-state index < -0.39 is 0 Å². The summed E-state index contributed by atoms with van der Waals surface area (Å²) in [5, 5.41) is 14.9.